The Hall–Kier alpha value is -4.92. The minimum absolute atomic E-state index is 0.0702. The molecule has 0 spiro atoms. The van der Waals surface area contributed by atoms with Crippen LogP contribution in [-0.2, 0) is 25.6 Å². The van der Waals surface area contributed by atoms with E-state index < -0.39 is 84.1 Å². The lowest BCUT2D eigenvalue weighted by molar-refractivity contribution is -0.167. The zero-order valence-corrected chi connectivity index (χ0v) is 28.2. The molecular formula is C35H34ClF6N3O6. The van der Waals surface area contributed by atoms with Crippen molar-refractivity contribution >= 4 is 40.9 Å². The molecule has 3 N–H and O–H groups in total. The number of benzene rings is 3. The standard InChI is InChI=1S/C35H34ClF6N3O6/c1-19(2)26(30(47)35(41,42)33(50)43-18-34(38,39)40)17-28(46)29(21-10-12-25(51-3)13-11-21)45-32(49)27(15-20-6-4-9-24(37)14-20)44-31(48)22-7-5-8-23(36)16-22/h4-14,16,19,26-27,29H,15,17-18H2,1-3H3,(H,43,50)(H,44,48)(H,45,49)/t26-,27-,29-/m0/s1. The van der Waals surface area contributed by atoms with Crippen LogP contribution in [0.25, 0.3) is 0 Å². The molecule has 0 bridgehead atoms. The third-order valence-electron chi connectivity index (χ3n) is 7.70. The molecule has 3 rings (SSSR count). The van der Waals surface area contributed by atoms with Gasteiger partial charge in [-0.3, -0.25) is 24.0 Å². The molecule has 0 aromatic heterocycles. The number of halogens is 7. The van der Waals surface area contributed by atoms with E-state index in [4.69, 9.17) is 16.3 Å². The van der Waals surface area contributed by atoms with Crippen molar-refractivity contribution in [2.75, 3.05) is 13.7 Å². The maximum Gasteiger partial charge on any atom is 0.405 e. The fourth-order valence-corrected chi connectivity index (χ4v) is 5.16. The molecule has 0 saturated carbocycles. The minimum atomic E-state index is -5.04. The van der Waals surface area contributed by atoms with Gasteiger partial charge in [-0.05, 0) is 59.5 Å². The molecular weight excluding hydrogens is 708 g/mol. The lowest BCUT2D eigenvalue weighted by Crippen LogP contribution is -2.52. The number of hydrogen-bond acceptors (Lipinski definition) is 6. The highest BCUT2D eigenvalue weighted by Crippen LogP contribution is 2.30. The highest BCUT2D eigenvalue weighted by Gasteiger charge is 2.52. The molecule has 274 valence electrons. The van der Waals surface area contributed by atoms with Crippen LogP contribution in [-0.4, -0.2) is 61.1 Å². The quantitative estimate of drug-likeness (QED) is 0.126. The van der Waals surface area contributed by atoms with Gasteiger partial charge in [-0.15, -0.1) is 0 Å². The third-order valence-corrected chi connectivity index (χ3v) is 7.94. The van der Waals surface area contributed by atoms with Gasteiger partial charge in [0, 0.05) is 29.3 Å². The number of ether oxygens (including phenoxy) is 1. The van der Waals surface area contributed by atoms with E-state index in [2.05, 4.69) is 10.6 Å². The Balaban J connectivity index is 1.97. The molecule has 0 saturated heterocycles. The summed E-state index contributed by atoms with van der Waals surface area (Å²) in [5.41, 5.74) is 0.454. The molecule has 0 unspecified atom stereocenters. The summed E-state index contributed by atoms with van der Waals surface area (Å²) in [6.45, 7) is 0.470. The molecule has 0 fully saturated rings. The van der Waals surface area contributed by atoms with E-state index in [0.717, 1.165) is 17.4 Å². The third kappa shape index (κ3) is 11.6. The van der Waals surface area contributed by atoms with Crippen LogP contribution < -0.4 is 20.7 Å². The van der Waals surface area contributed by atoms with Crippen LogP contribution >= 0.6 is 11.6 Å². The second-order valence-electron chi connectivity index (χ2n) is 11.8. The molecule has 3 aromatic rings. The van der Waals surface area contributed by atoms with Gasteiger partial charge in [0.05, 0.1) is 7.11 Å². The van der Waals surface area contributed by atoms with E-state index in [1.807, 2.05) is 0 Å². The molecule has 16 heteroatoms. The largest absolute Gasteiger partial charge is 0.497 e. The number of hydrogen-bond donors (Lipinski definition) is 3. The molecule has 3 aromatic carbocycles. The topological polar surface area (TPSA) is 131 Å². The van der Waals surface area contributed by atoms with Gasteiger partial charge < -0.3 is 20.7 Å². The van der Waals surface area contributed by atoms with Crippen LogP contribution in [0.2, 0.25) is 5.02 Å². The predicted octanol–water partition coefficient (Wildman–Crippen LogP) is 5.80. The summed E-state index contributed by atoms with van der Waals surface area (Å²) in [5.74, 6) is -15.4. The molecule has 3 amide bonds. The van der Waals surface area contributed by atoms with Crippen molar-refractivity contribution in [1.82, 2.24) is 16.0 Å². The van der Waals surface area contributed by atoms with Crippen LogP contribution in [0.1, 0.15) is 47.8 Å². The van der Waals surface area contributed by atoms with Crippen molar-refractivity contribution in [3.8, 4) is 5.75 Å². The molecule has 51 heavy (non-hydrogen) atoms. The van der Waals surface area contributed by atoms with Crippen molar-refractivity contribution in [2.24, 2.45) is 11.8 Å². The van der Waals surface area contributed by atoms with Crippen LogP contribution in [0.4, 0.5) is 26.3 Å². The summed E-state index contributed by atoms with van der Waals surface area (Å²) >= 11 is 6.01. The minimum Gasteiger partial charge on any atom is -0.497 e. The van der Waals surface area contributed by atoms with Gasteiger partial charge >= 0.3 is 12.1 Å². The Morgan fingerprint density at radius 2 is 1.51 bits per heavy atom. The molecule has 0 aliphatic heterocycles. The first-order chi connectivity index (χ1) is 23.8. The summed E-state index contributed by atoms with van der Waals surface area (Å²) in [7, 11) is 1.36. The summed E-state index contributed by atoms with van der Waals surface area (Å²) in [6.07, 6.45) is -6.28. The van der Waals surface area contributed by atoms with Crippen LogP contribution in [0.15, 0.2) is 72.8 Å². The maximum atomic E-state index is 14.9. The Bertz CT molecular complexity index is 1740. The van der Waals surface area contributed by atoms with Crippen LogP contribution in [0.5, 0.6) is 5.75 Å². The number of nitrogens with one attached hydrogen (secondary N) is 3. The number of methoxy groups -OCH3 is 1. The van der Waals surface area contributed by atoms with Gasteiger partial charge in [-0.2, -0.15) is 22.0 Å². The average molecular weight is 742 g/mol. The summed E-state index contributed by atoms with van der Waals surface area (Å²) in [6, 6.07) is 13.4. The summed E-state index contributed by atoms with van der Waals surface area (Å²) in [5, 5.41) is 6.23. The van der Waals surface area contributed by atoms with Crippen molar-refractivity contribution in [3.63, 3.8) is 0 Å². The van der Waals surface area contributed by atoms with Crippen LogP contribution in [0, 0.1) is 17.7 Å². The van der Waals surface area contributed by atoms with Crippen molar-refractivity contribution < 1.29 is 55.1 Å². The lowest BCUT2D eigenvalue weighted by atomic mass is 9.82. The van der Waals surface area contributed by atoms with Gasteiger partial charge in [0.1, 0.15) is 30.2 Å². The molecule has 0 aliphatic carbocycles. The Kier molecular flexibility index (Phi) is 13.8. The Morgan fingerprint density at radius 1 is 0.863 bits per heavy atom. The number of Topliss-reactive ketones (excluding diaryl/α,β-unsaturated/α-hetero) is 2. The van der Waals surface area contributed by atoms with Gasteiger partial charge in [0.25, 0.3) is 11.8 Å². The van der Waals surface area contributed by atoms with E-state index in [-0.39, 0.29) is 28.1 Å². The molecule has 0 heterocycles. The first-order valence-corrected chi connectivity index (χ1v) is 15.7. The van der Waals surface area contributed by atoms with Gasteiger partial charge in [-0.1, -0.05) is 55.8 Å². The number of ketones is 2. The van der Waals surface area contributed by atoms with Crippen molar-refractivity contribution in [1.29, 1.82) is 0 Å². The van der Waals surface area contributed by atoms with E-state index >= 15 is 0 Å². The van der Waals surface area contributed by atoms with Gasteiger partial charge in [0.15, 0.2) is 5.78 Å². The highest BCUT2D eigenvalue weighted by molar-refractivity contribution is 6.31. The van der Waals surface area contributed by atoms with E-state index in [0.29, 0.717) is 5.75 Å². The lowest BCUT2D eigenvalue weighted by Gasteiger charge is -2.27. The maximum absolute atomic E-state index is 14.9. The monoisotopic (exact) mass is 741 g/mol. The van der Waals surface area contributed by atoms with Gasteiger partial charge in [-0.25, -0.2) is 4.39 Å². The number of rotatable bonds is 16. The number of alkyl halides is 5. The van der Waals surface area contributed by atoms with E-state index in [1.54, 1.807) is 0 Å². The first-order valence-electron chi connectivity index (χ1n) is 15.4. The number of carbonyl (C=O) groups is 5. The first kappa shape index (κ1) is 40.5. The molecule has 9 nitrogen and oxygen atoms in total. The summed E-state index contributed by atoms with van der Waals surface area (Å²) in [4.78, 5) is 65.9. The Morgan fingerprint density at radius 3 is 2.08 bits per heavy atom. The van der Waals surface area contributed by atoms with E-state index in [9.17, 15) is 50.3 Å². The molecule has 3 atom stereocenters. The van der Waals surface area contributed by atoms with Crippen molar-refractivity contribution in [2.45, 2.75) is 50.9 Å². The average Bonchev–Trinajstić information content (AvgIpc) is 3.07. The fraction of sp³-hybridized carbons (Fsp3) is 0.343. The number of carbonyl (C=O) groups excluding carboxylic acids is 5. The highest BCUT2D eigenvalue weighted by atomic mass is 35.5. The fourth-order valence-electron chi connectivity index (χ4n) is 4.97. The molecule has 0 radical (unpaired) electrons. The Labute approximate surface area is 294 Å². The predicted molar refractivity (Wildman–Crippen MR) is 174 cm³/mol. The normalized spacial score (nSPS) is 13.5. The second-order valence-corrected chi connectivity index (χ2v) is 12.3. The van der Waals surface area contributed by atoms with Gasteiger partial charge in [0.2, 0.25) is 11.7 Å². The van der Waals surface area contributed by atoms with Crippen LogP contribution in [0.3, 0.4) is 0 Å². The van der Waals surface area contributed by atoms with Crippen molar-refractivity contribution in [3.05, 3.63) is 100 Å². The van der Waals surface area contributed by atoms with E-state index in [1.165, 1.54) is 81.6 Å². The zero-order valence-electron chi connectivity index (χ0n) is 27.5. The molecule has 0 aliphatic rings. The second kappa shape index (κ2) is 17.3. The number of amides is 3. The SMILES string of the molecule is COc1ccc([C@H](NC(=O)[C@H](Cc2cccc(F)c2)NC(=O)c2cccc(Cl)c2)C(=O)C[C@H](C(=O)C(F)(F)C(=O)NCC(F)(F)F)C(C)C)cc1. The smallest absolute Gasteiger partial charge is 0.405 e. The zero-order chi connectivity index (χ0) is 38.1. The summed E-state index contributed by atoms with van der Waals surface area (Å²) < 4.78 is 86.6.